The average molecular weight is 269 g/mol. The molecule has 104 valence electrons. The second-order valence-electron chi connectivity index (χ2n) is 5.61. The van der Waals surface area contributed by atoms with Crippen LogP contribution in [-0.2, 0) is 5.54 Å². The van der Waals surface area contributed by atoms with E-state index in [4.69, 9.17) is 10.5 Å². The lowest BCUT2D eigenvalue weighted by atomic mass is 10.1. The minimum atomic E-state index is -0.295. The van der Waals surface area contributed by atoms with Gasteiger partial charge in [-0.25, -0.2) is 9.97 Å². The summed E-state index contributed by atoms with van der Waals surface area (Å²) < 4.78 is 5.64. The van der Waals surface area contributed by atoms with Gasteiger partial charge in [-0.15, -0.1) is 0 Å². The minimum Gasteiger partial charge on any atom is -0.491 e. The first-order valence-corrected chi connectivity index (χ1v) is 6.96. The average Bonchev–Trinajstić information content (AvgIpc) is 3.19. The second kappa shape index (κ2) is 4.87. The summed E-state index contributed by atoms with van der Waals surface area (Å²) in [4.78, 5) is 8.89. The maximum Gasteiger partial charge on any atom is 0.148 e. The molecular formula is C16H19N3O. The van der Waals surface area contributed by atoms with Gasteiger partial charge in [-0.3, -0.25) is 0 Å². The van der Waals surface area contributed by atoms with Crippen molar-refractivity contribution in [1.29, 1.82) is 0 Å². The van der Waals surface area contributed by atoms with Crippen LogP contribution in [0.15, 0.2) is 36.5 Å². The number of nitrogens with zero attached hydrogens (tertiary/aromatic N) is 2. The summed E-state index contributed by atoms with van der Waals surface area (Å²) in [5.41, 5.74) is 7.81. The Morgan fingerprint density at radius 3 is 2.45 bits per heavy atom. The lowest BCUT2D eigenvalue weighted by Crippen LogP contribution is -2.22. The van der Waals surface area contributed by atoms with Crippen LogP contribution in [0.25, 0.3) is 11.3 Å². The van der Waals surface area contributed by atoms with Crippen molar-refractivity contribution in [2.24, 2.45) is 5.73 Å². The second-order valence-corrected chi connectivity index (χ2v) is 5.61. The molecule has 0 amide bonds. The quantitative estimate of drug-likeness (QED) is 0.927. The van der Waals surface area contributed by atoms with Gasteiger partial charge in [-0.2, -0.15) is 0 Å². The standard InChI is InChI=1S/C16H19N3O/c1-11(2)20-13-5-3-12(4-6-13)14-7-10-18-15(19-14)16(17)8-9-16/h3-7,10-11H,8-9,17H2,1-2H3. The number of hydrogen-bond acceptors (Lipinski definition) is 4. The van der Waals surface area contributed by atoms with Crippen LogP contribution in [0.2, 0.25) is 0 Å². The molecule has 0 bridgehead atoms. The largest absolute Gasteiger partial charge is 0.491 e. The normalized spacial score (nSPS) is 16.2. The molecule has 1 saturated carbocycles. The Morgan fingerprint density at radius 1 is 1.15 bits per heavy atom. The fourth-order valence-electron chi connectivity index (χ4n) is 2.09. The molecule has 4 heteroatoms. The monoisotopic (exact) mass is 269 g/mol. The SMILES string of the molecule is CC(C)Oc1ccc(-c2ccnc(C3(N)CC3)n2)cc1. The predicted octanol–water partition coefficient (Wildman–Crippen LogP) is 2.88. The molecule has 1 aromatic carbocycles. The predicted molar refractivity (Wildman–Crippen MR) is 78.3 cm³/mol. The third-order valence-corrected chi connectivity index (χ3v) is 3.41. The maximum absolute atomic E-state index is 6.15. The van der Waals surface area contributed by atoms with Gasteiger partial charge in [0, 0.05) is 11.8 Å². The lowest BCUT2D eigenvalue weighted by Gasteiger charge is -2.11. The zero-order valence-electron chi connectivity index (χ0n) is 11.8. The molecule has 2 N–H and O–H groups in total. The molecule has 20 heavy (non-hydrogen) atoms. The highest BCUT2D eigenvalue weighted by atomic mass is 16.5. The molecule has 1 heterocycles. The number of ether oxygens (including phenoxy) is 1. The van der Waals surface area contributed by atoms with Crippen molar-refractivity contribution in [3.05, 3.63) is 42.4 Å². The van der Waals surface area contributed by atoms with Crippen molar-refractivity contribution in [1.82, 2.24) is 9.97 Å². The first kappa shape index (κ1) is 13.1. The fraction of sp³-hybridized carbons (Fsp3) is 0.375. The molecule has 0 spiro atoms. The van der Waals surface area contributed by atoms with Crippen molar-refractivity contribution in [2.45, 2.75) is 38.3 Å². The van der Waals surface area contributed by atoms with Crippen LogP contribution in [-0.4, -0.2) is 16.1 Å². The van der Waals surface area contributed by atoms with E-state index in [1.54, 1.807) is 6.20 Å². The molecule has 0 radical (unpaired) electrons. The molecule has 1 aliphatic rings. The van der Waals surface area contributed by atoms with Crippen LogP contribution < -0.4 is 10.5 Å². The Bertz CT molecular complexity index is 603. The van der Waals surface area contributed by atoms with Crippen LogP contribution in [0.3, 0.4) is 0 Å². The van der Waals surface area contributed by atoms with Crippen LogP contribution >= 0.6 is 0 Å². The van der Waals surface area contributed by atoms with Crippen LogP contribution in [0.5, 0.6) is 5.75 Å². The molecule has 1 aromatic heterocycles. The van der Waals surface area contributed by atoms with Gasteiger partial charge in [-0.1, -0.05) is 0 Å². The highest BCUT2D eigenvalue weighted by molar-refractivity contribution is 5.59. The smallest absolute Gasteiger partial charge is 0.148 e. The minimum absolute atomic E-state index is 0.179. The Balaban J connectivity index is 1.85. The molecular weight excluding hydrogens is 250 g/mol. The summed E-state index contributed by atoms with van der Waals surface area (Å²) in [7, 11) is 0. The number of aromatic nitrogens is 2. The Hall–Kier alpha value is -1.94. The van der Waals surface area contributed by atoms with E-state index < -0.39 is 0 Å². The molecule has 0 saturated heterocycles. The van der Waals surface area contributed by atoms with Gasteiger partial charge in [0.2, 0.25) is 0 Å². The van der Waals surface area contributed by atoms with E-state index in [9.17, 15) is 0 Å². The van der Waals surface area contributed by atoms with Crippen molar-refractivity contribution in [3.63, 3.8) is 0 Å². The van der Waals surface area contributed by atoms with Crippen molar-refractivity contribution >= 4 is 0 Å². The molecule has 0 unspecified atom stereocenters. The summed E-state index contributed by atoms with van der Waals surface area (Å²) >= 11 is 0. The van der Waals surface area contributed by atoms with Crippen LogP contribution in [0.4, 0.5) is 0 Å². The molecule has 4 nitrogen and oxygen atoms in total. The summed E-state index contributed by atoms with van der Waals surface area (Å²) in [6, 6.07) is 9.87. The van der Waals surface area contributed by atoms with Crippen LogP contribution in [0.1, 0.15) is 32.5 Å². The highest BCUT2D eigenvalue weighted by Gasteiger charge is 2.43. The van der Waals surface area contributed by atoms with E-state index in [1.807, 2.05) is 44.2 Å². The summed E-state index contributed by atoms with van der Waals surface area (Å²) in [5, 5.41) is 0. The first-order chi connectivity index (χ1) is 9.57. The van der Waals surface area contributed by atoms with E-state index in [2.05, 4.69) is 9.97 Å². The van der Waals surface area contributed by atoms with Gasteiger partial charge >= 0.3 is 0 Å². The maximum atomic E-state index is 6.15. The topological polar surface area (TPSA) is 61.0 Å². The molecule has 2 aromatic rings. The number of rotatable bonds is 4. The molecule has 1 aliphatic carbocycles. The lowest BCUT2D eigenvalue weighted by molar-refractivity contribution is 0.242. The van der Waals surface area contributed by atoms with Gasteiger partial charge in [0.15, 0.2) is 0 Å². The van der Waals surface area contributed by atoms with Gasteiger partial charge in [0.05, 0.1) is 17.3 Å². The molecule has 3 rings (SSSR count). The number of hydrogen-bond donors (Lipinski definition) is 1. The zero-order chi connectivity index (χ0) is 14.2. The van der Waals surface area contributed by atoms with Gasteiger partial charge in [0.25, 0.3) is 0 Å². The Morgan fingerprint density at radius 2 is 1.85 bits per heavy atom. The summed E-state index contributed by atoms with van der Waals surface area (Å²) in [6.07, 6.45) is 3.90. The number of nitrogens with two attached hydrogens (primary N) is 1. The van der Waals surface area contributed by atoms with E-state index in [0.29, 0.717) is 0 Å². The first-order valence-electron chi connectivity index (χ1n) is 6.96. The molecule has 1 fully saturated rings. The van der Waals surface area contributed by atoms with E-state index >= 15 is 0 Å². The third kappa shape index (κ3) is 2.65. The summed E-state index contributed by atoms with van der Waals surface area (Å²) in [5.74, 6) is 1.62. The van der Waals surface area contributed by atoms with Gasteiger partial charge in [-0.05, 0) is 57.0 Å². The van der Waals surface area contributed by atoms with E-state index in [0.717, 1.165) is 35.7 Å². The third-order valence-electron chi connectivity index (χ3n) is 3.41. The molecule has 0 atom stereocenters. The fourth-order valence-corrected chi connectivity index (χ4v) is 2.09. The Kier molecular flexibility index (Phi) is 3.18. The van der Waals surface area contributed by atoms with Crippen molar-refractivity contribution in [3.8, 4) is 17.0 Å². The number of benzene rings is 1. The summed E-state index contributed by atoms with van der Waals surface area (Å²) in [6.45, 7) is 4.03. The van der Waals surface area contributed by atoms with Crippen LogP contribution in [0, 0.1) is 0 Å². The zero-order valence-corrected chi connectivity index (χ0v) is 11.8. The van der Waals surface area contributed by atoms with Gasteiger partial charge in [0.1, 0.15) is 11.6 Å². The van der Waals surface area contributed by atoms with E-state index in [-0.39, 0.29) is 11.6 Å². The molecule has 0 aliphatic heterocycles. The Labute approximate surface area is 119 Å². The van der Waals surface area contributed by atoms with Gasteiger partial charge < -0.3 is 10.5 Å². The van der Waals surface area contributed by atoms with Crippen molar-refractivity contribution < 1.29 is 4.74 Å². The van der Waals surface area contributed by atoms with E-state index in [1.165, 1.54) is 0 Å². The highest BCUT2D eigenvalue weighted by Crippen LogP contribution is 2.41. The van der Waals surface area contributed by atoms with Crippen molar-refractivity contribution in [2.75, 3.05) is 0 Å².